The van der Waals surface area contributed by atoms with Crippen LogP contribution in [0.5, 0.6) is 0 Å². The molecule has 1 aromatic carbocycles. The van der Waals surface area contributed by atoms with Crippen molar-refractivity contribution in [1.82, 2.24) is 4.98 Å². The van der Waals surface area contributed by atoms with Crippen LogP contribution < -0.4 is 5.32 Å². The fourth-order valence-corrected chi connectivity index (χ4v) is 2.69. The number of halogens is 4. The van der Waals surface area contributed by atoms with Crippen LogP contribution in [0.2, 0.25) is 0 Å². The third-order valence-electron chi connectivity index (χ3n) is 2.92. The van der Waals surface area contributed by atoms with Gasteiger partial charge in [0.15, 0.2) is 9.84 Å². The van der Waals surface area contributed by atoms with Crippen molar-refractivity contribution in [2.45, 2.75) is 12.3 Å². The van der Waals surface area contributed by atoms with Gasteiger partial charge in [0, 0.05) is 12.8 Å². The Labute approximate surface area is 130 Å². The quantitative estimate of drug-likeness (QED) is 0.667. The van der Waals surface area contributed by atoms with Gasteiger partial charge in [0.1, 0.15) is 5.69 Å². The molecule has 0 unspecified atom stereocenters. The number of pyridine rings is 1. The topological polar surface area (TPSA) is 59.1 Å². The third kappa shape index (κ3) is 4.41. The molecule has 0 aliphatic rings. The van der Waals surface area contributed by atoms with Gasteiger partial charge < -0.3 is 5.32 Å². The summed E-state index contributed by atoms with van der Waals surface area (Å²) in [6.45, 7) is -0.115. The molecule has 124 valence electrons. The summed E-state index contributed by atoms with van der Waals surface area (Å²) in [5.74, 6) is -6.84. The van der Waals surface area contributed by atoms with E-state index in [4.69, 9.17) is 0 Å². The molecule has 0 aliphatic carbocycles. The zero-order valence-corrected chi connectivity index (χ0v) is 12.7. The van der Waals surface area contributed by atoms with Crippen LogP contribution >= 0.6 is 0 Å². The average Bonchev–Trinajstić information content (AvgIpc) is 2.45. The largest absolute Gasteiger partial charge is 0.376 e. The monoisotopic (exact) mass is 348 g/mol. The van der Waals surface area contributed by atoms with Crippen LogP contribution in [0.4, 0.5) is 23.2 Å². The first kappa shape index (κ1) is 17.2. The maximum atomic E-state index is 13.4. The summed E-state index contributed by atoms with van der Waals surface area (Å²) in [6, 6.07) is 6.16. The maximum absolute atomic E-state index is 13.4. The van der Waals surface area contributed by atoms with Gasteiger partial charge in [0.2, 0.25) is 11.6 Å². The van der Waals surface area contributed by atoms with Gasteiger partial charge in [-0.05, 0) is 11.1 Å². The predicted molar refractivity (Wildman–Crippen MR) is 76.4 cm³/mol. The van der Waals surface area contributed by atoms with Gasteiger partial charge in [-0.15, -0.1) is 0 Å². The molecule has 0 fully saturated rings. The van der Waals surface area contributed by atoms with Crippen LogP contribution in [0.15, 0.2) is 24.3 Å². The molecule has 9 heteroatoms. The smallest absolute Gasteiger partial charge is 0.253 e. The molecule has 0 aliphatic heterocycles. The number of aromatic nitrogens is 1. The number of benzene rings is 1. The minimum Gasteiger partial charge on any atom is -0.376 e. The number of anilines is 1. The number of hydrogen-bond donors (Lipinski definition) is 1. The lowest BCUT2D eigenvalue weighted by Crippen LogP contribution is -2.09. The number of nitrogens with zero attached hydrogens (tertiary/aromatic N) is 1. The molecular formula is C14H12F4N2O2S. The van der Waals surface area contributed by atoms with E-state index in [0.29, 0.717) is 11.1 Å². The number of sulfone groups is 1. The van der Waals surface area contributed by atoms with Gasteiger partial charge in [-0.1, -0.05) is 24.3 Å². The fraction of sp³-hybridized carbons (Fsp3) is 0.214. The van der Waals surface area contributed by atoms with Gasteiger partial charge in [-0.3, -0.25) is 0 Å². The highest BCUT2D eigenvalue weighted by Gasteiger charge is 2.20. The van der Waals surface area contributed by atoms with Gasteiger partial charge in [0.05, 0.1) is 5.75 Å². The third-order valence-corrected chi connectivity index (χ3v) is 3.78. The van der Waals surface area contributed by atoms with Crippen LogP contribution in [0.25, 0.3) is 0 Å². The van der Waals surface area contributed by atoms with Crippen LogP contribution in [-0.4, -0.2) is 19.7 Å². The molecule has 0 atom stereocenters. The van der Waals surface area contributed by atoms with Crippen molar-refractivity contribution in [1.29, 1.82) is 0 Å². The zero-order valence-electron chi connectivity index (χ0n) is 11.9. The van der Waals surface area contributed by atoms with E-state index in [0.717, 1.165) is 6.26 Å². The molecule has 0 saturated carbocycles. The van der Waals surface area contributed by atoms with Gasteiger partial charge in [0.25, 0.3) is 11.9 Å². The molecule has 1 heterocycles. The van der Waals surface area contributed by atoms with Crippen molar-refractivity contribution in [3.63, 3.8) is 0 Å². The van der Waals surface area contributed by atoms with E-state index >= 15 is 0 Å². The Kier molecular flexibility index (Phi) is 4.88. The molecule has 1 aromatic heterocycles. The summed E-state index contributed by atoms with van der Waals surface area (Å²) < 4.78 is 75.1. The Bertz CT molecular complexity index is 797. The van der Waals surface area contributed by atoms with Crippen LogP contribution in [0, 0.1) is 23.5 Å². The van der Waals surface area contributed by atoms with Crippen molar-refractivity contribution >= 4 is 15.5 Å². The van der Waals surface area contributed by atoms with Crippen molar-refractivity contribution in [2.75, 3.05) is 11.6 Å². The first-order chi connectivity index (χ1) is 10.7. The van der Waals surface area contributed by atoms with E-state index in [9.17, 15) is 26.0 Å². The van der Waals surface area contributed by atoms with Crippen LogP contribution in [-0.2, 0) is 22.1 Å². The van der Waals surface area contributed by atoms with E-state index < -0.39 is 39.1 Å². The molecule has 0 saturated heterocycles. The molecule has 0 radical (unpaired) electrons. The Hall–Kier alpha value is -2.16. The molecule has 2 rings (SSSR count). The van der Waals surface area contributed by atoms with Crippen molar-refractivity contribution in [3.05, 3.63) is 58.9 Å². The first-order valence-corrected chi connectivity index (χ1v) is 8.43. The SMILES string of the molecule is CS(=O)(=O)Cc1ccc(CNc2c(F)c(F)nc(F)c2F)cc1. The van der Waals surface area contributed by atoms with Crippen molar-refractivity contribution in [3.8, 4) is 0 Å². The first-order valence-electron chi connectivity index (χ1n) is 6.37. The van der Waals surface area contributed by atoms with Crippen molar-refractivity contribution < 1.29 is 26.0 Å². The number of nitrogens with one attached hydrogen (secondary N) is 1. The lowest BCUT2D eigenvalue weighted by atomic mass is 10.1. The van der Waals surface area contributed by atoms with E-state index in [1.807, 2.05) is 0 Å². The summed E-state index contributed by atoms with van der Waals surface area (Å²) in [5, 5.41) is 2.26. The molecule has 2 aromatic rings. The normalized spacial score (nSPS) is 11.5. The Morgan fingerprint density at radius 3 is 1.91 bits per heavy atom. The highest BCUT2D eigenvalue weighted by atomic mass is 32.2. The maximum Gasteiger partial charge on any atom is 0.253 e. The predicted octanol–water partition coefficient (Wildman–Crippen LogP) is 2.79. The second kappa shape index (κ2) is 6.53. The van der Waals surface area contributed by atoms with E-state index in [1.54, 1.807) is 12.1 Å². The van der Waals surface area contributed by atoms with Crippen molar-refractivity contribution in [2.24, 2.45) is 0 Å². The summed E-state index contributed by atoms with van der Waals surface area (Å²) in [6.07, 6.45) is 1.10. The highest BCUT2D eigenvalue weighted by molar-refractivity contribution is 7.89. The van der Waals surface area contributed by atoms with Crippen LogP contribution in [0.1, 0.15) is 11.1 Å². The summed E-state index contributed by atoms with van der Waals surface area (Å²) in [7, 11) is -3.17. The number of rotatable bonds is 5. The van der Waals surface area contributed by atoms with E-state index in [2.05, 4.69) is 10.3 Å². The van der Waals surface area contributed by atoms with E-state index in [1.165, 1.54) is 12.1 Å². The lowest BCUT2D eigenvalue weighted by Gasteiger charge is -2.10. The van der Waals surface area contributed by atoms with Gasteiger partial charge >= 0.3 is 0 Å². The van der Waals surface area contributed by atoms with Gasteiger partial charge in [-0.25, -0.2) is 8.42 Å². The standard InChI is InChI=1S/C14H12F4N2O2S/c1-23(21,22)7-9-4-2-8(3-5-9)6-19-12-10(15)13(17)20-14(18)11(12)16/h2-5H,6-7H2,1H3,(H,19,20). The fourth-order valence-electron chi connectivity index (χ4n) is 1.89. The second-order valence-electron chi connectivity index (χ2n) is 4.94. The molecule has 1 N–H and O–H groups in total. The Morgan fingerprint density at radius 2 is 1.43 bits per heavy atom. The highest BCUT2D eigenvalue weighted by Crippen LogP contribution is 2.22. The van der Waals surface area contributed by atoms with E-state index in [-0.39, 0.29) is 12.3 Å². The summed E-state index contributed by atoms with van der Waals surface area (Å²) in [4.78, 5) is 2.45. The lowest BCUT2D eigenvalue weighted by molar-refractivity contribution is 0.410. The molecule has 0 amide bonds. The zero-order chi connectivity index (χ0) is 17.2. The van der Waals surface area contributed by atoms with Gasteiger partial charge in [-0.2, -0.15) is 22.5 Å². The molecule has 0 spiro atoms. The molecule has 0 bridgehead atoms. The Morgan fingerprint density at radius 1 is 0.957 bits per heavy atom. The second-order valence-corrected chi connectivity index (χ2v) is 7.08. The average molecular weight is 348 g/mol. The summed E-state index contributed by atoms with van der Waals surface area (Å²) in [5.41, 5.74) is 0.142. The molecule has 23 heavy (non-hydrogen) atoms. The summed E-state index contributed by atoms with van der Waals surface area (Å²) >= 11 is 0. The van der Waals surface area contributed by atoms with Crippen LogP contribution in [0.3, 0.4) is 0 Å². The minimum absolute atomic E-state index is 0.115. The molecular weight excluding hydrogens is 336 g/mol. The minimum atomic E-state index is -3.17. The Balaban J connectivity index is 2.13. The molecule has 4 nitrogen and oxygen atoms in total. The number of hydrogen-bond acceptors (Lipinski definition) is 4.